The molecule has 0 aliphatic heterocycles. The van der Waals surface area contributed by atoms with Gasteiger partial charge in [-0.2, -0.15) is 0 Å². The second kappa shape index (κ2) is 4.67. The van der Waals surface area contributed by atoms with Gasteiger partial charge in [0.15, 0.2) is 0 Å². The maximum atomic E-state index is 10.00. The molecule has 0 fully saturated rings. The molecular weight excluding hydrogens is 264 g/mol. The van der Waals surface area contributed by atoms with Gasteiger partial charge in [0.1, 0.15) is 17.2 Å². The lowest BCUT2D eigenvalue weighted by Crippen LogP contribution is -2.19. The Hall–Kier alpha value is -1.87. The molecule has 0 saturated heterocycles. The van der Waals surface area contributed by atoms with Crippen molar-refractivity contribution in [3.8, 4) is 17.2 Å². The Labute approximate surface area is 116 Å². The molecule has 3 N–H and O–H groups in total. The van der Waals surface area contributed by atoms with Crippen LogP contribution in [0.4, 0.5) is 0 Å². The summed E-state index contributed by atoms with van der Waals surface area (Å²) in [6.07, 6.45) is 0. The fraction of sp³-hybridized carbons (Fsp3) is 0.200. The van der Waals surface area contributed by atoms with Crippen LogP contribution in [0.3, 0.4) is 0 Å². The van der Waals surface area contributed by atoms with Crippen LogP contribution < -0.4 is 0 Å². The minimum absolute atomic E-state index is 0.0139. The van der Waals surface area contributed by atoms with Gasteiger partial charge < -0.3 is 15.3 Å². The Morgan fingerprint density at radius 3 is 2.05 bits per heavy atom. The minimum Gasteiger partial charge on any atom is -0.508 e. The van der Waals surface area contributed by atoms with Gasteiger partial charge in [-0.1, -0.05) is 37.6 Å². The van der Waals surface area contributed by atoms with E-state index in [-0.39, 0.29) is 22.3 Å². The predicted molar refractivity (Wildman–Crippen MR) is 75.0 cm³/mol. The summed E-state index contributed by atoms with van der Waals surface area (Å²) in [5, 5.41) is 29.0. The van der Waals surface area contributed by atoms with Crippen LogP contribution in [-0.4, -0.2) is 15.3 Å². The van der Waals surface area contributed by atoms with E-state index in [2.05, 4.69) is 0 Å². The van der Waals surface area contributed by atoms with E-state index >= 15 is 0 Å². The summed E-state index contributed by atoms with van der Waals surface area (Å²) >= 11 is 5.90. The van der Waals surface area contributed by atoms with E-state index in [9.17, 15) is 15.3 Å². The highest BCUT2D eigenvalue weighted by Crippen LogP contribution is 2.41. The fourth-order valence-electron chi connectivity index (χ4n) is 2.08. The third-order valence-corrected chi connectivity index (χ3v) is 3.63. The van der Waals surface area contributed by atoms with Gasteiger partial charge in [0.2, 0.25) is 0 Å². The SMILES string of the molecule is CC(C)(c1ccc(O)cc1)c1cc(Cl)c(O)cc1O. The van der Waals surface area contributed by atoms with Gasteiger partial charge in [0.25, 0.3) is 0 Å². The van der Waals surface area contributed by atoms with Crippen LogP contribution in [0, 0.1) is 0 Å². The van der Waals surface area contributed by atoms with Gasteiger partial charge in [0, 0.05) is 17.0 Å². The number of hydrogen-bond donors (Lipinski definition) is 3. The van der Waals surface area contributed by atoms with Crippen molar-refractivity contribution in [1.82, 2.24) is 0 Å². The lowest BCUT2D eigenvalue weighted by atomic mass is 9.77. The first-order chi connectivity index (χ1) is 8.82. The van der Waals surface area contributed by atoms with Gasteiger partial charge in [-0.3, -0.25) is 0 Å². The first kappa shape index (κ1) is 13.6. The van der Waals surface area contributed by atoms with Gasteiger partial charge in [-0.05, 0) is 23.8 Å². The van der Waals surface area contributed by atoms with Crippen LogP contribution in [0.15, 0.2) is 36.4 Å². The highest BCUT2D eigenvalue weighted by molar-refractivity contribution is 6.32. The average molecular weight is 279 g/mol. The lowest BCUT2D eigenvalue weighted by Gasteiger charge is -2.27. The van der Waals surface area contributed by atoms with Gasteiger partial charge in [0.05, 0.1) is 5.02 Å². The average Bonchev–Trinajstić information content (AvgIpc) is 2.34. The van der Waals surface area contributed by atoms with E-state index in [1.807, 2.05) is 13.8 Å². The first-order valence-electron chi connectivity index (χ1n) is 5.84. The summed E-state index contributed by atoms with van der Waals surface area (Å²) < 4.78 is 0. The van der Waals surface area contributed by atoms with Crippen molar-refractivity contribution in [2.45, 2.75) is 19.3 Å². The Balaban J connectivity index is 2.55. The largest absolute Gasteiger partial charge is 0.508 e. The van der Waals surface area contributed by atoms with Gasteiger partial charge >= 0.3 is 0 Å². The molecule has 0 unspecified atom stereocenters. The molecule has 4 heteroatoms. The Morgan fingerprint density at radius 1 is 0.895 bits per heavy atom. The lowest BCUT2D eigenvalue weighted by molar-refractivity contribution is 0.436. The molecule has 2 aromatic rings. The molecule has 3 nitrogen and oxygen atoms in total. The maximum Gasteiger partial charge on any atom is 0.137 e. The van der Waals surface area contributed by atoms with Crippen molar-refractivity contribution in [3.63, 3.8) is 0 Å². The van der Waals surface area contributed by atoms with Crippen molar-refractivity contribution in [2.75, 3.05) is 0 Å². The Morgan fingerprint density at radius 2 is 1.47 bits per heavy atom. The first-order valence-corrected chi connectivity index (χ1v) is 6.21. The zero-order chi connectivity index (χ0) is 14.2. The van der Waals surface area contributed by atoms with Crippen LogP contribution in [-0.2, 0) is 5.41 Å². The van der Waals surface area contributed by atoms with Crippen molar-refractivity contribution in [1.29, 1.82) is 0 Å². The molecule has 2 aromatic carbocycles. The zero-order valence-electron chi connectivity index (χ0n) is 10.7. The number of aromatic hydroxyl groups is 3. The van der Waals surface area contributed by atoms with Crippen LogP contribution in [0.5, 0.6) is 17.2 Å². The third-order valence-electron chi connectivity index (χ3n) is 3.33. The second-order valence-electron chi connectivity index (χ2n) is 4.99. The van der Waals surface area contributed by atoms with Crippen LogP contribution in [0.2, 0.25) is 5.02 Å². The number of halogens is 1. The summed E-state index contributed by atoms with van der Waals surface area (Å²) in [4.78, 5) is 0. The normalized spacial score (nSPS) is 11.5. The molecule has 0 aliphatic rings. The summed E-state index contributed by atoms with van der Waals surface area (Å²) in [5.41, 5.74) is 1.03. The fourth-order valence-corrected chi connectivity index (χ4v) is 2.25. The minimum atomic E-state index is -0.505. The molecule has 19 heavy (non-hydrogen) atoms. The molecule has 2 rings (SSSR count). The summed E-state index contributed by atoms with van der Waals surface area (Å²) in [6.45, 7) is 3.86. The van der Waals surface area contributed by atoms with Crippen molar-refractivity contribution >= 4 is 11.6 Å². The Bertz CT molecular complexity index is 604. The van der Waals surface area contributed by atoms with Crippen LogP contribution >= 0.6 is 11.6 Å². The molecule has 0 saturated carbocycles. The highest BCUT2D eigenvalue weighted by atomic mass is 35.5. The molecule has 0 heterocycles. The number of phenols is 3. The molecule has 0 spiro atoms. The predicted octanol–water partition coefficient (Wildman–Crippen LogP) is 3.78. The van der Waals surface area contributed by atoms with E-state index < -0.39 is 5.41 Å². The molecule has 0 atom stereocenters. The third kappa shape index (κ3) is 2.47. The van der Waals surface area contributed by atoms with E-state index in [1.54, 1.807) is 30.3 Å². The molecule has 0 bridgehead atoms. The quantitative estimate of drug-likeness (QED) is 0.783. The summed E-state index contributed by atoms with van der Waals surface area (Å²) in [7, 11) is 0. The number of benzene rings is 2. The smallest absolute Gasteiger partial charge is 0.137 e. The van der Waals surface area contributed by atoms with Gasteiger partial charge in [-0.25, -0.2) is 0 Å². The maximum absolute atomic E-state index is 10.00. The molecule has 0 radical (unpaired) electrons. The Kier molecular flexibility index (Phi) is 3.33. The molecule has 0 aliphatic carbocycles. The van der Waals surface area contributed by atoms with E-state index in [0.717, 1.165) is 5.56 Å². The van der Waals surface area contributed by atoms with Crippen molar-refractivity contribution < 1.29 is 15.3 Å². The standard InChI is InChI=1S/C15H15ClO3/c1-15(2,9-3-5-10(17)6-4-9)11-7-12(16)14(19)8-13(11)18/h3-8,17-19H,1-2H3. The van der Waals surface area contributed by atoms with Gasteiger partial charge in [-0.15, -0.1) is 0 Å². The van der Waals surface area contributed by atoms with Crippen molar-refractivity contribution in [2.24, 2.45) is 0 Å². The molecule has 0 amide bonds. The van der Waals surface area contributed by atoms with E-state index in [4.69, 9.17) is 11.6 Å². The number of rotatable bonds is 2. The number of phenolic OH excluding ortho intramolecular Hbond substituents is 3. The zero-order valence-corrected chi connectivity index (χ0v) is 11.4. The van der Waals surface area contributed by atoms with Crippen molar-refractivity contribution in [3.05, 3.63) is 52.5 Å². The van der Waals surface area contributed by atoms with Crippen LogP contribution in [0.1, 0.15) is 25.0 Å². The molecule has 0 aromatic heterocycles. The van der Waals surface area contributed by atoms with E-state index in [1.165, 1.54) is 6.07 Å². The van der Waals surface area contributed by atoms with E-state index in [0.29, 0.717) is 5.56 Å². The summed E-state index contributed by atoms with van der Waals surface area (Å²) in [6, 6.07) is 9.55. The number of hydrogen-bond acceptors (Lipinski definition) is 3. The summed E-state index contributed by atoms with van der Waals surface area (Å²) in [5.74, 6) is 0.0249. The van der Waals surface area contributed by atoms with Crippen LogP contribution in [0.25, 0.3) is 0 Å². The molecular formula is C15H15ClO3. The monoisotopic (exact) mass is 278 g/mol. The topological polar surface area (TPSA) is 60.7 Å². The highest BCUT2D eigenvalue weighted by Gasteiger charge is 2.27. The second-order valence-corrected chi connectivity index (χ2v) is 5.40. The molecule has 100 valence electrons.